The highest BCUT2D eigenvalue weighted by atomic mass is 32.2. The first-order valence-electron chi connectivity index (χ1n) is 12.5. The van der Waals surface area contributed by atoms with Crippen molar-refractivity contribution in [1.82, 2.24) is 4.90 Å². The van der Waals surface area contributed by atoms with Gasteiger partial charge < -0.3 is 14.2 Å². The maximum atomic E-state index is 13.3. The molecule has 1 saturated heterocycles. The SMILES string of the molecule is Cc1ccc(S(=O)(=O)OC[C@H](C)[C@@H](OCc2ccccc2)[C@H]2COC(C)(C)N2C(=O)OC(C)(C)C)cc1. The van der Waals surface area contributed by atoms with Crippen LogP contribution in [0.1, 0.15) is 52.7 Å². The van der Waals surface area contributed by atoms with E-state index in [-0.39, 0.29) is 24.7 Å². The zero-order chi connectivity index (χ0) is 27.4. The van der Waals surface area contributed by atoms with Crippen molar-refractivity contribution in [2.45, 2.75) is 83.4 Å². The fourth-order valence-electron chi connectivity index (χ4n) is 4.23. The number of ether oxygens (including phenoxy) is 3. The molecule has 1 heterocycles. The lowest BCUT2D eigenvalue weighted by Crippen LogP contribution is -2.55. The van der Waals surface area contributed by atoms with Gasteiger partial charge in [0.05, 0.1) is 36.9 Å². The van der Waals surface area contributed by atoms with Crippen molar-refractivity contribution in [2.24, 2.45) is 5.92 Å². The summed E-state index contributed by atoms with van der Waals surface area (Å²) < 4.78 is 49.2. The first-order valence-corrected chi connectivity index (χ1v) is 13.9. The molecule has 2 aromatic carbocycles. The summed E-state index contributed by atoms with van der Waals surface area (Å²) in [7, 11) is -3.97. The first-order chi connectivity index (χ1) is 17.2. The molecule has 1 fully saturated rings. The third-order valence-electron chi connectivity index (χ3n) is 6.13. The van der Waals surface area contributed by atoms with Crippen LogP contribution >= 0.6 is 0 Å². The fourth-order valence-corrected chi connectivity index (χ4v) is 5.23. The Morgan fingerprint density at radius 1 is 1.11 bits per heavy atom. The molecule has 204 valence electrons. The van der Waals surface area contributed by atoms with Crippen molar-refractivity contribution in [2.75, 3.05) is 13.2 Å². The number of carbonyl (C=O) groups excluding carboxylic acids is 1. The molecule has 0 unspecified atom stereocenters. The number of rotatable bonds is 9. The van der Waals surface area contributed by atoms with E-state index < -0.39 is 45.6 Å². The van der Waals surface area contributed by atoms with Crippen molar-refractivity contribution in [3.8, 4) is 0 Å². The number of benzene rings is 2. The van der Waals surface area contributed by atoms with Crippen LogP contribution in [0, 0.1) is 12.8 Å². The number of hydrogen-bond donors (Lipinski definition) is 0. The number of nitrogens with zero attached hydrogens (tertiary/aromatic N) is 1. The van der Waals surface area contributed by atoms with E-state index in [9.17, 15) is 13.2 Å². The number of carbonyl (C=O) groups is 1. The Bertz CT molecular complexity index is 1140. The minimum absolute atomic E-state index is 0.0905. The molecule has 0 aliphatic carbocycles. The van der Waals surface area contributed by atoms with Crippen LogP contribution in [0.15, 0.2) is 59.5 Å². The van der Waals surface area contributed by atoms with Gasteiger partial charge in [0.25, 0.3) is 10.1 Å². The smallest absolute Gasteiger partial charge is 0.412 e. The van der Waals surface area contributed by atoms with E-state index in [2.05, 4.69) is 0 Å². The summed E-state index contributed by atoms with van der Waals surface area (Å²) in [5.74, 6) is -0.406. The highest BCUT2D eigenvalue weighted by Crippen LogP contribution is 2.34. The maximum absolute atomic E-state index is 13.3. The van der Waals surface area contributed by atoms with Crippen molar-refractivity contribution < 1.29 is 31.6 Å². The maximum Gasteiger partial charge on any atom is 0.412 e. The molecule has 0 N–H and O–H groups in total. The van der Waals surface area contributed by atoms with E-state index in [1.807, 2.05) is 44.2 Å². The lowest BCUT2D eigenvalue weighted by atomic mass is 9.97. The van der Waals surface area contributed by atoms with Gasteiger partial charge in [-0.2, -0.15) is 8.42 Å². The van der Waals surface area contributed by atoms with Crippen LogP contribution in [0.25, 0.3) is 0 Å². The van der Waals surface area contributed by atoms with Crippen LogP contribution < -0.4 is 0 Å². The van der Waals surface area contributed by atoms with Crippen LogP contribution in [0.5, 0.6) is 0 Å². The molecule has 1 aliphatic rings. The van der Waals surface area contributed by atoms with E-state index in [4.69, 9.17) is 18.4 Å². The molecule has 3 rings (SSSR count). The fraction of sp³-hybridized carbons (Fsp3) is 0.536. The summed E-state index contributed by atoms with van der Waals surface area (Å²) in [6, 6.07) is 15.6. The monoisotopic (exact) mass is 533 g/mol. The predicted octanol–water partition coefficient (Wildman–Crippen LogP) is 5.29. The Hall–Kier alpha value is -2.46. The van der Waals surface area contributed by atoms with Gasteiger partial charge in [-0.1, -0.05) is 55.0 Å². The number of amides is 1. The molecule has 8 nitrogen and oxygen atoms in total. The highest BCUT2D eigenvalue weighted by Gasteiger charge is 2.50. The van der Waals surface area contributed by atoms with Crippen LogP contribution in [0.3, 0.4) is 0 Å². The van der Waals surface area contributed by atoms with Gasteiger partial charge in [0.2, 0.25) is 0 Å². The van der Waals surface area contributed by atoms with Crippen LogP contribution in [-0.4, -0.2) is 56.1 Å². The molecule has 1 amide bonds. The third-order valence-corrected chi connectivity index (χ3v) is 7.43. The standard InChI is InChI=1S/C28H39NO7S/c1-20-13-15-23(16-14-20)37(31,32)35-17-21(2)25(33-18-22-11-9-8-10-12-22)24-19-34-28(6,7)29(24)26(30)36-27(3,4)5/h8-16,21,24-25H,17-19H2,1-7H3/t21-,24+,25+/m0/s1. The van der Waals surface area contributed by atoms with Gasteiger partial charge in [-0.3, -0.25) is 9.08 Å². The molecule has 0 aromatic heterocycles. The van der Waals surface area contributed by atoms with Crippen LogP contribution in [0.4, 0.5) is 4.79 Å². The molecule has 37 heavy (non-hydrogen) atoms. The summed E-state index contributed by atoms with van der Waals surface area (Å²) in [5, 5.41) is 0. The van der Waals surface area contributed by atoms with Crippen molar-refractivity contribution in [3.63, 3.8) is 0 Å². The second-order valence-electron chi connectivity index (χ2n) is 11.0. The molecular weight excluding hydrogens is 494 g/mol. The second-order valence-corrected chi connectivity index (χ2v) is 12.6. The van der Waals surface area contributed by atoms with Gasteiger partial charge in [0.1, 0.15) is 11.3 Å². The molecule has 0 spiro atoms. The Morgan fingerprint density at radius 2 is 1.73 bits per heavy atom. The zero-order valence-electron chi connectivity index (χ0n) is 22.8. The van der Waals surface area contributed by atoms with Crippen LogP contribution in [-0.2, 0) is 35.1 Å². The Labute approximate surface area is 221 Å². The van der Waals surface area contributed by atoms with Crippen molar-refractivity contribution in [3.05, 3.63) is 65.7 Å². The van der Waals surface area contributed by atoms with E-state index in [1.54, 1.807) is 51.7 Å². The van der Waals surface area contributed by atoms with Gasteiger partial charge in [-0.05, 0) is 59.2 Å². The van der Waals surface area contributed by atoms with Crippen LogP contribution in [0.2, 0.25) is 0 Å². The van der Waals surface area contributed by atoms with Gasteiger partial charge in [0, 0.05) is 5.92 Å². The average Bonchev–Trinajstić information content (AvgIpc) is 3.12. The van der Waals surface area contributed by atoms with E-state index in [0.29, 0.717) is 0 Å². The molecule has 2 aromatic rings. The molecule has 9 heteroatoms. The average molecular weight is 534 g/mol. The quantitative estimate of drug-likeness (QED) is 0.404. The van der Waals surface area contributed by atoms with Crippen molar-refractivity contribution in [1.29, 1.82) is 0 Å². The van der Waals surface area contributed by atoms with Gasteiger partial charge in [0.15, 0.2) is 0 Å². The lowest BCUT2D eigenvalue weighted by molar-refractivity contribution is -0.0834. The predicted molar refractivity (Wildman–Crippen MR) is 140 cm³/mol. The van der Waals surface area contributed by atoms with Gasteiger partial charge >= 0.3 is 6.09 Å². The lowest BCUT2D eigenvalue weighted by Gasteiger charge is -2.39. The minimum atomic E-state index is -3.97. The summed E-state index contributed by atoms with van der Waals surface area (Å²) in [4.78, 5) is 14.9. The van der Waals surface area contributed by atoms with E-state index >= 15 is 0 Å². The molecule has 0 radical (unpaired) electrons. The number of aryl methyl sites for hydroxylation is 1. The molecule has 3 atom stereocenters. The Kier molecular flexibility index (Phi) is 9.06. The normalized spacial score (nSPS) is 19.4. The summed E-state index contributed by atoms with van der Waals surface area (Å²) >= 11 is 0. The van der Waals surface area contributed by atoms with E-state index in [1.165, 1.54) is 12.1 Å². The molecular formula is C28H39NO7S. The largest absolute Gasteiger partial charge is 0.444 e. The minimum Gasteiger partial charge on any atom is -0.444 e. The Balaban J connectivity index is 1.84. The first kappa shape index (κ1) is 29.1. The summed E-state index contributed by atoms with van der Waals surface area (Å²) in [6.07, 6.45) is -1.11. The topological polar surface area (TPSA) is 91.4 Å². The molecule has 0 bridgehead atoms. The molecule has 0 saturated carbocycles. The third kappa shape index (κ3) is 7.77. The van der Waals surface area contributed by atoms with Crippen molar-refractivity contribution >= 4 is 16.2 Å². The zero-order valence-corrected chi connectivity index (χ0v) is 23.6. The van der Waals surface area contributed by atoms with E-state index in [0.717, 1.165) is 11.1 Å². The van der Waals surface area contributed by atoms with Gasteiger partial charge in [-0.15, -0.1) is 0 Å². The second kappa shape index (κ2) is 11.5. The van der Waals surface area contributed by atoms with Gasteiger partial charge in [-0.25, -0.2) is 4.79 Å². The number of hydrogen-bond acceptors (Lipinski definition) is 7. The summed E-state index contributed by atoms with van der Waals surface area (Å²) in [6.45, 7) is 13.1. The Morgan fingerprint density at radius 3 is 2.32 bits per heavy atom. The summed E-state index contributed by atoms with van der Waals surface area (Å²) in [5.41, 5.74) is 0.274. The molecule has 1 aliphatic heterocycles. The highest BCUT2D eigenvalue weighted by molar-refractivity contribution is 7.86.